The second kappa shape index (κ2) is 6.51. The maximum Gasteiger partial charge on any atom is 0.271 e. The molecule has 0 bridgehead atoms. The van der Waals surface area contributed by atoms with Crippen molar-refractivity contribution in [2.45, 2.75) is 18.8 Å². The van der Waals surface area contributed by atoms with Gasteiger partial charge in [-0.05, 0) is 18.9 Å². The van der Waals surface area contributed by atoms with Crippen LogP contribution in [0.5, 0.6) is 0 Å². The molecule has 6 heteroatoms. The zero-order valence-corrected chi connectivity index (χ0v) is 10.7. The minimum Gasteiger partial charge on any atom is -0.383 e. The highest BCUT2D eigenvalue weighted by molar-refractivity contribution is 5.92. The number of nitrogens with zero attached hydrogens (tertiary/aromatic N) is 1. The molecule has 0 spiro atoms. The molecule has 1 aromatic rings. The molecule has 1 aliphatic carbocycles. The van der Waals surface area contributed by atoms with Crippen molar-refractivity contribution in [2.24, 2.45) is 0 Å². The fourth-order valence-electron chi connectivity index (χ4n) is 1.71. The minimum absolute atomic E-state index is 0.119. The summed E-state index contributed by atoms with van der Waals surface area (Å²) in [5, 5.41) is 12.9. The maximum atomic E-state index is 11.7. The van der Waals surface area contributed by atoms with Gasteiger partial charge in [-0.2, -0.15) is 5.10 Å². The number of H-pyrrole nitrogens is 1. The molecule has 0 unspecified atom stereocenters. The van der Waals surface area contributed by atoms with Gasteiger partial charge in [0.15, 0.2) is 0 Å². The summed E-state index contributed by atoms with van der Waals surface area (Å²) in [5.74, 6) is 0.474. The number of amides is 1. The Morgan fingerprint density at radius 3 is 3.06 bits per heavy atom. The van der Waals surface area contributed by atoms with Gasteiger partial charge in [-0.15, -0.1) is 0 Å². The van der Waals surface area contributed by atoms with Crippen LogP contribution in [0.25, 0.3) is 0 Å². The lowest BCUT2D eigenvalue weighted by Crippen LogP contribution is -2.33. The van der Waals surface area contributed by atoms with Crippen molar-refractivity contribution in [3.8, 4) is 0 Å². The summed E-state index contributed by atoms with van der Waals surface area (Å²) in [6.07, 6.45) is 2.40. The van der Waals surface area contributed by atoms with Crippen LogP contribution in [0, 0.1) is 0 Å². The van der Waals surface area contributed by atoms with Crippen LogP contribution < -0.4 is 10.6 Å². The molecule has 1 saturated carbocycles. The Balaban J connectivity index is 1.64. The highest BCUT2D eigenvalue weighted by Gasteiger charge is 2.26. The largest absolute Gasteiger partial charge is 0.383 e. The minimum atomic E-state index is -0.119. The fourth-order valence-corrected chi connectivity index (χ4v) is 1.71. The molecule has 1 heterocycles. The van der Waals surface area contributed by atoms with Crippen LogP contribution in [0.4, 0.5) is 0 Å². The summed E-state index contributed by atoms with van der Waals surface area (Å²) in [7, 11) is 1.67. The molecular formula is C12H20N4O2. The van der Waals surface area contributed by atoms with Gasteiger partial charge in [0.2, 0.25) is 0 Å². The van der Waals surface area contributed by atoms with Gasteiger partial charge in [0, 0.05) is 38.4 Å². The van der Waals surface area contributed by atoms with E-state index in [-0.39, 0.29) is 5.91 Å². The molecule has 0 aliphatic heterocycles. The molecule has 1 aliphatic rings. The quantitative estimate of drug-likeness (QED) is 0.580. The van der Waals surface area contributed by atoms with Gasteiger partial charge in [0.1, 0.15) is 5.69 Å². The Morgan fingerprint density at radius 1 is 1.50 bits per heavy atom. The first-order valence-corrected chi connectivity index (χ1v) is 6.34. The van der Waals surface area contributed by atoms with Gasteiger partial charge in [-0.3, -0.25) is 9.89 Å². The van der Waals surface area contributed by atoms with Crippen LogP contribution in [-0.4, -0.2) is 49.5 Å². The number of hydrogen-bond acceptors (Lipinski definition) is 4. The summed E-state index contributed by atoms with van der Waals surface area (Å²) in [4.78, 5) is 11.7. The summed E-state index contributed by atoms with van der Waals surface area (Å²) in [6.45, 7) is 2.79. The Morgan fingerprint density at radius 2 is 2.33 bits per heavy atom. The number of nitrogens with one attached hydrogen (secondary N) is 3. The zero-order chi connectivity index (χ0) is 12.8. The van der Waals surface area contributed by atoms with Crippen LogP contribution in [0.2, 0.25) is 0 Å². The van der Waals surface area contributed by atoms with E-state index < -0.39 is 0 Å². The molecule has 1 fully saturated rings. The topological polar surface area (TPSA) is 79.0 Å². The van der Waals surface area contributed by atoms with Crippen LogP contribution in [0.1, 0.15) is 34.9 Å². The predicted octanol–water partition coefficient (Wildman–Crippen LogP) is 0.253. The van der Waals surface area contributed by atoms with Gasteiger partial charge in [-0.1, -0.05) is 0 Å². The lowest BCUT2D eigenvalue weighted by molar-refractivity contribution is 0.0948. The normalized spacial score (nSPS) is 14.7. The van der Waals surface area contributed by atoms with E-state index in [2.05, 4.69) is 20.8 Å². The lowest BCUT2D eigenvalue weighted by Gasteiger charge is -2.04. The molecule has 0 saturated heterocycles. The van der Waals surface area contributed by atoms with Gasteiger partial charge in [0.05, 0.1) is 6.61 Å². The number of carbonyl (C=O) groups is 1. The first-order valence-electron chi connectivity index (χ1n) is 6.34. The van der Waals surface area contributed by atoms with Gasteiger partial charge >= 0.3 is 0 Å². The van der Waals surface area contributed by atoms with Gasteiger partial charge < -0.3 is 15.4 Å². The van der Waals surface area contributed by atoms with E-state index in [0.717, 1.165) is 18.8 Å². The van der Waals surface area contributed by atoms with E-state index in [1.54, 1.807) is 7.11 Å². The second-order valence-corrected chi connectivity index (χ2v) is 4.48. The molecule has 0 atom stereocenters. The summed E-state index contributed by atoms with van der Waals surface area (Å²) in [5.41, 5.74) is 1.56. The van der Waals surface area contributed by atoms with E-state index in [4.69, 9.17) is 4.74 Å². The van der Waals surface area contributed by atoms with E-state index in [1.165, 1.54) is 12.8 Å². The number of rotatable bonds is 8. The molecule has 100 valence electrons. The number of hydrogen-bond donors (Lipinski definition) is 3. The summed E-state index contributed by atoms with van der Waals surface area (Å²) in [6, 6.07) is 1.85. The number of methoxy groups -OCH3 is 1. The van der Waals surface area contributed by atoms with Crippen molar-refractivity contribution >= 4 is 5.91 Å². The van der Waals surface area contributed by atoms with Gasteiger partial charge in [-0.25, -0.2) is 0 Å². The highest BCUT2D eigenvalue weighted by Crippen LogP contribution is 2.38. The average Bonchev–Trinajstić information content (AvgIpc) is 3.11. The average molecular weight is 252 g/mol. The molecule has 1 amide bonds. The van der Waals surface area contributed by atoms with Crippen LogP contribution >= 0.6 is 0 Å². The molecular weight excluding hydrogens is 232 g/mol. The Kier molecular flexibility index (Phi) is 4.72. The third-order valence-corrected chi connectivity index (χ3v) is 2.92. The summed E-state index contributed by atoms with van der Waals surface area (Å²) < 4.78 is 4.91. The van der Waals surface area contributed by atoms with Crippen molar-refractivity contribution in [2.75, 3.05) is 33.4 Å². The Labute approximate surface area is 106 Å². The van der Waals surface area contributed by atoms with Crippen molar-refractivity contribution < 1.29 is 9.53 Å². The predicted molar refractivity (Wildman–Crippen MR) is 67.6 cm³/mol. The summed E-state index contributed by atoms with van der Waals surface area (Å²) >= 11 is 0. The number of aromatic amines is 1. The van der Waals surface area contributed by atoms with E-state index in [0.29, 0.717) is 24.8 Å². The van der Waals surface area contributed by atoms with Crippen LogP contribution in [-0.2, 0) is 4.74 Å². The smallest absolute Gasteiger partial charge is 0.271 e. The molecule has 0 aromatic carbocycles. The first kappa shape index (κ1) is 13.0. The van der Waals surface area contributed by atoms with Crippen molar-refractivity contribution in [1.82, 2.24) is 20.8 Å². The number of aromatic nitrogens is 2. The molecule has 18 heavy (non-hydrogen) atoms. The van der Waals surface area contributed by atoms with E-state index in [9.17, 15) is 4.79 Å². The van der Waals surface area contributed by atoms with E-state index in [1.807, 2.05) is 6.07 Å². The molecule has 2 rings (SSSR count). The molecule has 6 nitrogen and oxygen atoms in total. The third kappa shape index (κ3) is 3.82. The van der Waals surface area contributed by atoms with Crippen molar-refractivity contribution in [1.29, 1.82) is 0 Å². The molecule has 0 radical (unpaired) electrons. The Hall–Kier alpha value is -1.40. The first-order chi connectivity index (χ1) is 8.81. The second-order valence-electron chi connectivity index (χ2n) is 4.48. The Bertz CT molecular complexity index is 387. The van der Waals surface area contributed by atoms with Crippen molar-refractivity contribution in [3.63, 3.8) is 0 Å². The SMILES string of the molecule is COCCNCCNC(=O)c1cc(C2CC2)[nH]n1. The number of carbonyl (C=O) groups excluding carboxylic acids is 1. The van der Waals surface area contributed by atoms with Crippen LogP contribution in [0.15, 0.2) is 6.07 Å². The standard InChI is InChI=1S/C12H20N4O2/c1-18-7-6-13-4-5-14-12(17)11-8-10(15-16-11)9-2-3-9/h8-9,13H,2-7H2,1H3,(H,14,17)(H,15,16). The zero-order valence-electron chi connectivity index (χ0n) is 10.7. The van der Waals surface area contributed by atoms with Crippen molar-refractivity contribution in [3.05, 3.63) is 17.5 Å². The highest BCUT2D eigenvalue weighted by atomic mass is 16.5. The van der Waals surface area contributed by atoms with Gasteiger partial charge in [0.25, 0.3) is 5.91 Å². The van der Waals surface area contributed by atoms with Crippen LogP contribution in [0.3, 0.4) is 0 Å². The number of ether oxygens (including phenoxy) is 1. The molecule has 1 aromatic heterocycles. The third-order valence-electron chi connectivity index (χ3n) is 2.92. The fraction of sp³-hybridized carbons (Fsp3) is 0.667. The van der Waals surface area contributed by atoms with E-state index >= 15 is 0 Å². The monoisotopic (exact) mass is 252 g/mol. The maximum absolute atomic E-state index is 11.7. The lowest BCUT2D eigenvalue weighted by atomic mass is 10.2. The molecule has 3 N–H and O–H groups in total.